The van der Waals surface area contributed by atoms with Crippen molar-refractivity contribution in [1.82, 2.24) is 4.72 Å². The minimum atomic E-state index is -3.65. The minimum Gasteiger partial charge on any atom is -0.478 e. The highest BCUT2D eigenvalue weighted by atomic mass is 32.2. The average Bonchev–Trinajstić information content (AvgIpc) is 2.47. The molecule has 1 aromatic carbocycles. The number of carboxylic acids is 1. The number of benzene rings is 1. The fourth-order valence-electron chi connectivity index (χ4n) is 2.74. The van der Waals surface area contributed by atoms with Crippen molar-refractivity contribution < 1.29 is 18.3 Å². The Kier molecular flexibility index (Phi) is 5.00. The molecule has 1 aliphatic rings. The van der Waals surface area contributed by atoms with E-state index in [9.17, 15) is 18.3 Å². The topological polar surface area (TPSA) is 83.5 Å². The Balaban J connectivity index is 2.27. The van der Waals surface area contributed by atoms with Gasteiger partial charge in [-0.1, -0.05) is 32.3 Å². The van der Waals surface area contributed by atoms with E-state index in [1.807, 2.05) is 6.92 Å². The molecule has 0 aliphatic heterocycles. The van der Waals surface area contributed by atoms with Crippen molar-refractivity contribution >= 4 is 16.0 Å². The Hall–Kier alpha value is -1.40. The molecular formula is C15H21NO4S. The van der Waals surface area contributed by atoms with E-state index in [0.717, 1.165) is 32.1 Å². The fourth-order valence-corrected chi connectivity index (χ4v) is 4.07. The lowest BCUT2D eigenvalue weighted by molar-refractivity contribution is 0.0695. The molecule has 6 heteroatoms. The first-order valence-corrected chi connectivity index (χ1v) is 8.81. The van der Waals surface area contributed by atoms with Gasteiger partial charge >= 0.3 is 5.97 Å². The van der Waals surface area contributed by atoms with Gasteiger partial charge < -0.3 is 5.11 Å². The van der Waals surface area contributed by atoms with E-state index in [-0.39, 0.29) is 16.5 Å². The highest BCUT2D eigenvalue weighted by Gasteiger charge is 2.23. The van der Waals surface area contributed by atoms with Crippen molar-refractivity contribution in [2.24, 2.45) is 0 Å². The third kappa shape index (κ3) is 3.83. The van der Waals surface area contributed by atoms with Crippen molar-refractivity contribution in [2.75, 3.05) is 0 Å². The first kappa shape index (κ1) is 16.0. The van der Waals surface area contributed by atoms with Crippen LogP contribution < -0.4 is 4.72 Å². The monoisotopic (exact) mass is 311 g/mol. The summed E-state index contributed by atoms with van der Waals surface area (Å²) < 4.78 is 27.4. The number of carboxylic acid groups (broad SMARTS) is 1. The first-order valence-electron chi connectivity index (χ1n) is 7.32. The van der Waals surface area contributed by atoms with Crippen LogP contribution in [0.25, 0.3) is 0 Å². The van der Waals surface area contributed by atoms with Crippen molar-refractivity contribution in [3.05, 3.63) is 29.3 Å². The van der Waals surface area contributed by atoms with Gasteiger partial charge in [0.2, 0.25) is 10.0 Å². The Morgan fingerprint density at radius 3 is 2.52 bits per heavy atom. The van der Waals surface area contributed by atoms with E-state index in [1.54, 1.807) is 6.07 Å². The van der Waals surface area contributed by atoms with Crippen LogP contribution in [0, 0.1) is 0 Å². The molecule has 0 aromatic heterocycles. The Bertz CT molecular complexity index is 619. The summed E-state index contributed by atoms with van der Waals surface area (Å²) in [4.78, 5) is 11.3. The van der Waals surface area contributed by atoms with Crippen LogP contribution in [0.15, 0.2) is 23.1 Å². The number of carbonyl (C=O) groups is 1. The van der Waals surface area contributed by atoms with Crippen LogP contribution in [0.1, 0.15) is 54.9 Å². The summed E-state index contributed by atoms with van der Waals surface area (Å²) in [5.74, 6) is -1.10. The number of sulfonamides is 1. The van der Waals surface area contributed by atoms with Gasteiger partial charge in [0.25, 0.3) is 0 Å². The summed E-state index contributed by atoms with van der Waals surface area (Å²) in [6, 6.07) is 4.28. The predicted molar refractivity (Wildman–Crippen MR) is 80.0 cm³/mol. The van der Waals surface area contributed by atoms with Crippen LogP contribution in [-0.2, 0) is 16.4 Å². The maximum absolute atomic E-state index is 12.4. The molecule has 0 saturated heterocycles. The zero-order chi connectivity index (χ0) is 15.5. The van der Waals surface area contributed by atoms with Gasteiger partial charge in [0, 0.05) is 6.04 Å². The van der Waals surface area contributed by atoms with Crippen LogP contribution in [-0.4, -0.2) is 25.5 Å². The number of hydrogen-bond donors (Lipinski definition) is 2. The summed E-state index contributed by atoms with van der Waals surface area (Å²) in [6.45, 7) is 1.84. The van der Waals surface area contributed by atoms with E-state index < -0.39 is 16.0 Å². The second-order valence-corrected chi connectivity index (χ2v) is 7.15. The Morgan fingerprint density at radius 2 is 1.95 bits per heavy atom. The number of aryl methyl sites for hydroxylation is 1. The molecule has 5 nitrogen and oxygen atoms in total. The minimum absolute atomic E-state index is 0.0303. The standard InChI is InChI=1S/C15H21NO4S/c1-2-11-8-9-13(10-14(11)15(17)18)21(19,20)16-12-6-4-3-5-7-12/h8-10,12,16H,2-7H2,1H3,(H,17,18). The molecule has 1 saturated carbocycles. The third-order valence-corrected chi connectivity index (χ3v) is 5.45. The molecule has 0 amide bonds. The van der Waals surface area contributed by atoms with Crippen LogP contribution in [0.3, 0.4) is 0 Å². The van der Waals surface area contributed by atoms with Crippen LogP contribution in [0.5, 0.6) is 0 Å². The molecule has 1 fully saturated rings. The van der Waals surface area contributed by atoms with Gasteiger partial charge in [-0.15, -0.1) is 0 Å². The van der Waals surface area contributed by atoms with Gasteiger partial charge in [0.1, 0.15) is 0 Å². The van der Waals surface area contributed by atoms with Crippen LogP contribution in [0.2, 0.25) is 0 Å². The summed E-state index contributed by atoms with van der Waals surface area (Å²) in [5.41, 5.74) is 0.697. The normalized spacial score (nSPS) is 16.8. The number of hydrogen-bond acceptors (Lipinski definition) is 3. The van der Waals surface area contributed by atoms with E-state index in [1.165, 1.54) is 12.1 Å². The quantitative estimate of drug-likeness (QED) is 0.875. The van der Waals surface area contributed by atoms with E-state index in [4.69, 9.17) is 0 Å². The molecule has 2 rings (SSSR count). The molecule has 0 heterocycles. The summed E-state index contributed by atoms with van der Waals surface area (Å²) in [6.07, 6.45) is 5.45. The SMILES string of the molecule is CCc1ccc(S(=O)(=O)NC2CCCCC2)cc1C(=O)O. The van der Waals surface area contributed by atoms with Gasteiger partial charge in [-0.3, -0.25) is 0 Å². The molecule has 21 heavy (non-hydrogen) atoms. The van der Waals surface area contributed by atoms with Gasteiger partial charge in [-0.2, -0.15) is 0 Å². The molecule has 0 radical (unpaired) electrons. The molecule has 0 atom stereocenters. The molecule has 1 aliphatic carbocycles. The molecule has 1 aromatic rings. The molecule has 0 bridgehead atoms. The number of rotatable bonds is 5. The van der Waals surface area contributed by atoms with Gasteiger partial charge in [-0.05, 0) is 37.0 Å². The molecule has 116 valence electrons. The first-order chi connectivity index (χ1) is 9.94. The summed E-state index contributed by atoms with van der Waals surface area (Å²) >= 11 is 0. The highest BCUT2D eigenvalue weighted by Crippen LogP contribution is 2.21. The fraction of sp³-hybridized carbons (Fsp3) is 0.533. The lowest BCUT2D eigenvalue weighted by Crippen LogP contribution is -2.36. The maximum Gasteiger partial charge on any atom is 0.336 e. The van der Waals surface area contributed by atoms with E-state index in [2.05, 4.69) is 4.72 Å². The van der Waals surface area contributed by atoms with Crippen LogP contribution in [0.4, 0.5) is 0 Å². The molecule has 2 N–H and O–H groups in total. The predicted octanol–water partition coefficient (Wildman–Crippen LogP) is 2.56. The lowest BCUT2D eigenvalue weighted by Gasteiger charge is -2.22. The smallest absolute Gasteiger partial charge is 0.336 e. The second kappa shape index (κ2) is 6.58. The van der Waals surface area contributed by atoms with Gasteiger partial charge in [-0.25, -0.2) is 17.9 Å². The van der Waals surface area contributed by atoms with E-state index in [0.29, 0.717) is 12.0 Å². The zero-order valence-electron chi connectivity index (χ0n) is 12.1. The lowest BCUT2D eigenvalue weighted by atomic mass is 9.96. The number of aromatic carboxylic acids is 1. The number of nitrogens with one attached hydrogen (secondary N) is 1. The molecule has 0 unspecified atom stereocenters. The summed E-state index contributed by atoms with van der Waals surface area (Å²) in [7, 11) is -3.65. The summed E-state index contributed by atoms with van der Waals surface area (Å²) in [5, 5.41) is 9.19. The third-order valence-electron chi connectivity index (χ3n) is 3.93. The highest BCUT2D eigenvalue weighted by molar-refractivity contribution is 7.89. The van der Waals surface area contributed by atoms with Crippen molar-refractivity contribution in [3.8, 4) is 0 Å². The molecule has 0 spiro atoms. The zero-order valence-corrected chi connectivity index (χ0v) is 12.9. The Labute approximate surface area is 125 Å². The van der Waals surface area contributed by atoms with E-state index >= 15 is 0 Å². The second-order valence-electron chi connectivity index (χ2n) is 5.43. The van der Waals surface area contributed by atoms with Gasteiger partial charge in [0.05, 0.1) is 10.5 Å². The van der Waals surface area contributed by atoms with Crippen LogP contribution >= 0.6 is 0 Å². The molecular weight excluding hydrogens is 290 g/mol. The van der Waals surface area contributed by atoms with Gasteiger partial charge in [0.15, 0.2) is 0 Å². The maximum atomic E-state index is 12.4. The van der Waals surface area contributed by atoms with Crippen molar-refractivity contribution in [3.63, 3.8) is 0 Å². The largest absolute Gasteiger partial charge is 0.478 e. The Morgan fingerprint density at radius 1 is 1.29 bits per heavy atom. The average molecular weight is 311 g/mol. The van der Waals surface area contributed by atoms with Crippen molar-refractivity contribution in [2.45, 2.75) is 56.4 Å². The van der Waals surface area contributed by atoms with Crippen molar-refractivity contribution in [1.29, 1.82) is 0 Å².